The van der Waals surface area contributed by atoms with E-state index in [9.17, 15) is 9.59 Å². The molecule has 2 amide bonds. The molecule has 2 aromatic heterocycles. The number of carbonyl (C=O) groups is 2. The highest BCUT2D eigenvalue weighted by Gasteiger charge is 2.31. The van der Waals surface area contributed by atoms with Crippen molar-refractivity contribution in [2.24, 2.45) is 11.8 Å². The quantitative estimate of drug-likeness (QED) is 0.692. The molecule has 0 bridgehead atoms. The third-order valence-electron chi connectivity index (χ3n) is 5.84. The average Bonchev–Trinajstić information content (AvgIpc) is 3.51. The van der Waals surface area contributed by atoms with Crippen molar-refractivity contribution in [3.05, 3.63) is 40.1 Å². The van der Waals surface area contributed by atoms with E-state index in [4.69, 9.17) is 4.74 Å². The second-order valence-corrected chi connectivity index (χ2v) is 9.32. The van der Waals surface area contributed by atoms with E-state index < -0.39 is 0 Å². The molecule has 1 fully saturated rings. The van der Waals surface area contributed by atoms with Crippen LogP contribution in [-0.2, 0) is 27.3 Å². The molecule has 166 valence electrons. The third kappa shape index (κ3) is 5.04. The summed E-state index contributed by atoms with van der Waals surface area (Å²) in [5.41, 5.74) is 0. The maximum atomic E-state index is 12.7. The van der Waals surface area contributed by atoms with Gasteiger partial charge in [-0.15, -0.1) is 21.5 Å². The second kappa shape index (κ2) is 9.74. The predicted octanol–water partition coefficient (Wildman–Crippen LogP) is 2.29. The van der Waals surface area contributed by atoms with E-state index in [0.29, 0.717) is 39.3 Å². The first-order chi connectivity index (χ1) is 15.0. The van der Waals surface area contributed by atoms with Crippen LogP contribution >= 0.6 is 11.3 Å². The second-order valence-electron chi connectivity index (χ2n) is 8.34. The molecule has 2 unspecified atom stereocenters. The Kier molecular flexibility index (Phi) is 6.82. The molecule has 4 heterocycles. The minimum Gasteiger partial charge on any atom is -0.381 e. The molecule has 1 saturated heterocycles. The Morgan fingerprint density at radius 2 is 2.16 bits per heavy atom. The number of thiophene rings is 1. The first-order valence-electron chi connectivity index (χ1n) is 10.8. The fourth-order valence-electron chi connectivity index (χ4n) is 3.98. The number of hydrogen-bond acceptors (Lipinski definition) is 6. The number of nitrogens with one attached hydrogen (secondary N) is 1. The smallest absolute Gasteiger partial charge is 0.246 e. The van der Waals surface area contributed by atoms with E-state index in [1.165, 1.54) is 0 Å². The van der Waals surface area contributed by atoms with Gasteiger partial charge in [0.2, 0.25) is 11.8 Å². The van der Waals surface area contributed by atoms with Crippen molar-refractivity contribution in [1.29, 1.82) is 0 Å². The van der Waals surface area contributed by atoms with E-state index in [1.807, 2.05) is 28.5 Å². The number of fused-ring (bicyclic) bond motifs is 1. The lowest BCUT2D eigenvalue weighted by atomic mass is 10.0. The van der Waals surface area contributed by atoms with Crippen molar-refractivity contribution in [3.63, 3.8) is 0 Å². The van der Waals surface area contributed by atoms with Crippen LogP contribution in [0, 0.1) is 11.8 Å². The highest BCUT2D eigenvalue weighted by Crippen LogP contribution is 2.24. The van der Waals surface area contributed by atoms with E-state index in [-0.39, 0.29) is 29.7 Å². The van der Waals surface area contributed by atoms with Crippen LogP contribution in [0.4, 0.5) is 0 Å². The fraction of sp³-hybridized carbons (Fsp3) is 0.545. The van der Waals surface area contributed by atoms with Crippen molar-refractivity contribution < 1.29 is 14.3 Å². The van der Waals surface area contributed by atoms with Crippen LogP contribution < -0.4 is 5.32 Å². The van der Waals surface area contributed by atoms with E-state index in [2.05, 4.69) is 33.9 Å². The van der Waals surface area contributed by atoms with Crippen LogP contribution in [0.5, 0.6) is 0 Å². The number of ether oxygens (including phenoxy) is 1. The summed E-state index contributed by atoms with van der Waals surface area (Å²) in [4.78, 5) is 28.3. The number of hydrogen-bond donors (Lipinski definition) is 1. The van der Waals surface area contributed by atoms with E-state index in [1.54, 1.807) is 17.4 Å². The predicted molar refractivity (Wildman–Crippen MR) is 118 cm³/mol. The van der Waals surface area contributed by atoms with Crippen LogP contribution in [-0.4, -0.2) is 57.8 Å². The van der Waals surface area contributed by atoms with Gasteiger partial charge < -0.3 is 19.5 Å². The molecule has 0 saturated carbocycles. The largest absolute Gasteiger partial charge is 0.381 e. The zero-order chi connectivity index (χ0) is 21.8. The maximum Gasteiger partial charge on any atom is 0.246 e. The monoisotopic (exact) mass is 443 g/mol. The van der Waals surface area contributed by atoms with Gasteiger partial charge in [-0.1, -0.05) is 19.9 Å². The Labute approximate surface area is 186 Å². The molecule has 2 atom stereocenters. The highest BCUT2D eigenvalue weighted by atomic mass is 32.1. The summed E-state index contributed by atoms with van der Waals surface area (Å²) in [5, 5.41) is 14.0. The minimum atomic E-state index is -0.227. The fourth-order valence-corrected chi connectivity index (χ4v) is 4.60. The first-order valence-corrected chi connectivity index (χ1v) is 11.7. The zero-order valence-electron chi connectivity index (χ0n) is 18.0. The number of nitrogens with zero attached hydrogens (tertiary/aromatic N) is 4. The molecule has 0 radical (unpaired) electrons. The molecule has 0 aliphatic carbocycles. The van der Waals surface area contributed by atoms with Gasteiger partial charge in [0, 0.05) is 43.6 Å². The molecule has 4 rings (SSSR count). The zero-order valence-corrected chi connectivity index (χ0v) is 18.8. The topological polar surface area (TPSA) is 89.3 Å². The normalized spacial score (nSPS) is 20.1. The third-order valence-corrected chi connectivity index (χ3v) is 6.68. The summed E-state index contributed by atoms with van der Waals surface area (Å²) in [7, 11) is 0. The molecule has 8 nitrogen and oxygen atoms in total. The van der Waals surface area contributed by atoms with Crippen LogP contribution in [0.15, 0.2) is 23.6 Å². The summed E-state index contributed by atoms with van der Waals surface area (Å²) < 4.78 is 7.44. The van der Waals surface area contributed by atoms with Crippen molar-refractivity contribution >= 4 is 29.2 Å². The van der Waals surface area contributed by atoms with Crippen molar-refractivity contribution in [2.45, 2.75) is 39.3 Å². The Morgan fingerprint density at radius 1 is 1.29 bits per heavy atom. The molecular weight excluding hydrogens is 414 g/mol. The van der Waals surface area contributed by atoms with Crippen molar-refractivity contribution in [1.82, 2.24) is 25.0 Å². The SMILES string of the molecule is CC(C)C(NC(=O)C1CCOC1)c1nnc2n1CCN(C(=O)/C=C/c1cccs1)CC2. The summed E-state index contributed by atoms with van der Waals surface area (Å²) in [6, 6.07) is 3.73. The summed E-state index contributed by atoms with van der Waals surface area (Å²) in [6.45, 7) is 7.05. The number of rotatable bonds is 6. The van der Waals surface area contributed by atoms with Crippen LogP contribution in [0.25, 0.3) is 6.08 Å². The van der Waals surface area contributed by atoms with Crippen LogP contribution in [0.2, 0.25) is 0 Å². The van der Waals surface area contributed by atoms with Gasteiger partial charge in [-0.05, 0) is 29.9 Å². The van der Waals surface area contributed by atoms with Gasteiger partial charge in [-0.25, -0.2) is 0 Å². The minimum absolute atomic E-state index is 0.00334. The molecule has 1 N–H and O–H groups in total. The first kappa shape index (κ1) is 21.7. The van der Waals surface area contributed by atoms with Crippen LogP contribution in [0.1, 0.15) is 42.8 Å². The molecule has 2 aliphatic heterocycles. The molecule has 2 aromatic rings. The van der Waals surface area contributed by atoms with Gasteiger partial charge in [0.25, 0.3) is 0 Å². The Hall–Kier alpha value is -2.52. The highest BCUT2D eigenvalue weighted by molar-refractivity contribution is 7.10. The standard InChI is InChI=1S/C22H29N5O3S/c1-15(2)20(23-22(29)16-8-12-30-14-16)21-25-24-18-7-9-26(10-11-27(18)21)19(28)6-5-17-4-3-13-31-17/h3-6,13,15-16,20H,7-12,14H2,1-2H3,(H,23,29)/b6-5+. The van der Waals surface area contributed by atoms with E-state index >= 15 is 0 Å². The van der Waals surface area contributed by atoms with Crippen molar-refractivity contribution in [2.75, 3.05) is 26.3 Å². The lowest BCUT2D eigenvalue weighted by molar-refractivity contribution is -0.126. The molecule has 31 heavy (non-hydrogen) atoms. The van der Waals surface area contributed by atoms with Crippen LogP contribution in [0.3, 0.4) is 0 Å². The van der Waals surface area contributed by atoms with Gasteiger partial charge in [-0.3, -0.25) is 9.59 Å². The number of amides is 2. The van der Waals surface area contributed by atoms with Crippen molar-refractivity contribution in [3.8, 4) is 0 Å². The van der Waals surface area contributed by atoms with Gasteiger partial charge in [0.05, 0.1) is 18.6 Å². The summed E-state index contributed by atoms with van der Waals surface area (Å²) in [6.07, 6.45) is 4.89. The molecule has 2 aliphatic rings. The van der Waals surface area contributed by atoms with Gasteiger partial charge >= 0.3 is 0 Å². The van der Waals surface area contributed by atoms with Gasteiger partial charge in [0.15, 0.2) is 5.82 Å². The van der Waals surface area contributed by atoms with Gasteiger partial charge in [0.1, 0.15) is 5.82 Å². The molecular formula is C22H29N5O3S. The lowest BCUT2D eigenvalue weighted by Crippen LogP contribution is -2.38. The Bertz CT molecular complexity index is 931. The van der Waals surface area contributed by atoms with Gasteiger partial charge in [-0.2, -0.15) is 0 Å². The lowest BCUT2D eigenvalue weighted by Gasteiger charge is -2.24. The van der Waals surface area contributed by atoms with E-state index in [0.717, 1.165) is 22.9 Å². The Morgan fingerprint density at radius 3 is 2.87 bits per heavy atom. The molecule has 0 spiro atoms. The summed E-state index contributed by atoms with van der Waals surface area (Å²) in [5.74, 6) is 1.70. The number of carbonyl (C=O) groups excluding carboxylic acids is 2. The molecule has 9 heteroatoms. The summed E-state index contributed by atoms with van der Waals surface area (Å²) >= 11 is 1.61. The average molecular weight is 444 g/mol. The maximum absolute atomic E-state index is 12.7. The Balaban J connectivity index is 1.44. The molecule has 0 aromatic carbocycles. The number of aromatic nitrogens is 3.